The molecule has 2 heteroatoms. The van der Waals surface area contributed by atoms with Gasteiger partial charge in [-0.15, -0.1) is 0 Å². The van der Waals surface area contributed by atoms with Crippen molar-refractivity contribution in [2.75, 3.05) is 19.0 Å². The van der Waals surface area contributed by atoms with Gasteiger partial charge >= 0.3 is 0 Å². The summed E-state index contributed by atoms with van der Waals surface area (Å²) in [6.07, 6.45) is 1.18. The molecule has 0 saturated carbocycles. The lowest BCUT2D eigenvalue weighted by Crippen LogP contribution is -2.24. The quantitative estimate of drug-likeness (QED) is 0.896. The first-order valence-corrected chi connectivity index (χ1v) is 6.74. The fraction of sp³-hybridized carbons (Fsp3) is 0.294. The second kappa shape index (κ2) is 4.96. The van der Waals surface area contributed by atoms with Gasteiger partial charge in [0.05, 0.1) is 12.8 Å². The molecule has 0 heterocycles. The number of hydrogen-bond acceptors (Lipinski definition) is 2. The number of fused-ring (bicyclic) bond motifs is 1. The Morgan fingerprint density at radius 1 is 1.21 bits per heavy atom. The molecule has 0 fully saturated rings. The van der Waals surface area contributed by atoms with Crippen molar-refractivity contribution in [3.8, 4) is 5.75 Å². The van der Waals surface area contributed by atoms with Gasteiger partial charge in [0.2, 0.25) is 0 Å². The van der Waals surface area contributed by atoms with Gasteiger partial charge < -0.3 is 10.1 Å². The van der Waals surface area contributed by atoms with Gasteiger partial charge in [0, 0.05) is 12.5 Å². The molecule has 1 N–H and O–H groups in total. The lowest BCUT2D eigenvalue weighted by atomic mass is 9.77. The van der Waals surface area contributed by atoms with Gasteiger partial charge in [0.25, 0.3) is 0 Å². The lowest BCUT2D eigenvalue weighted by Gasteiger charge is -2.30. The molecule has 0 radical (unpaired) electrons. The van der Waals surface area contributed by atoms with Gasteiger partial charge in [-0.3, -0.25) is 0 Å². The Labute approximate surface area is 114 Å². The van der Waals surface area contributed by atoms with E-state index in [1.165, 1.54) is 23.1 Å². The minimum absolute atomic E-state index is 0.626. The van der Waals surface area contributed by atoms with E-state index in [1.807, 2.05) is 6.07 Å². The zero-order valence-electron chi connectivity index (χ0n) is 11.4. The van der Waals surface area contributed by atoms with Gasteiger partial charge in [-0.1, -0.05) is 30.3 Å². The topological polar surface area (TPSA) is 21.3 Å². The van der Waals surface area contributed by atoms with E-state index in [-0.39, 0.29) is 0 Å². The molecule has 98 valence electrons. The summed E-state index contributed by atoms with van der Waals surface area (Å²) >= 11 is 0. The maximum atomic E-state index is 5.39. The molecular formula is C17H19NO. The van der Waals surface area contributed by atoms with Crippen LogP contribution in [-0.4, -0.2) is 13.7 Å². The summed E-state index contributed by atoms with van der Waals surface area (Å²) in [4.78, 5) is 0. The second-order valence-corrected chi connectivity index (χ2v) is 5.18. The van der Waals surface area contributed by atoms with Crippen LogP contribution in [-0.2, 0) is 6.42 Å². The van der Waals surface area contributed by atoms with Crippen molar-refractivity contribution in [1.29, 1.82) is 0 Å². The summed E-state index contributed by atoms with van der Waals surface area (Å²) in [5.74, 6) is 1.54. The average Bonchev–Trinajstić information content (AvgIpc) is 2.40. The molecule has 1 aliphatic carbocycles. The van der Waals surface area contributed by atoms with Crippen LogP contribution >= 0.6 is 0 Å². The van der Waals surface area contributed by atoms with E-state index < -0.39 is 0 Å². The normalized spacial score (nSPS) is 16.4. The molecule has 1 atom stereocenters. The van der Waals surface area contributed by atoms with Crippen molar-refractivity contribution in [1.82, 2.24) is 0 Å². The van der Waals surface area contributed by atoms with E-state index in [4.69, 9.17) is 4.74 Å². The lowest BCUT2D eigenvalue weighted by molar-refractivity contribution is 0.416. The highest BCUT2D eigenvalue weighted by Gasteiger charge is 2.25. The van der Waals surface area contributed by atoms with Gasteiger partial charge in [0.15, 0.2) is 0 Å². The largest absolute Gasteiger partial charge is 0.495 e. The molecule has 0 bridgehead atoms. The predicted molar refractivity (Wildman–Crippen MR) is 79.1 cm³/mol. The van der Waals surface area contributed by atoms with Gasteiger partial charge in [-0.05, 0) is 42.2 Å². The van der Waals surface area contributed by atoms with Crippen molar-refractivity contribution in [3.63, 3.8) is 0 Å². The fourth-order valence-corrected chi connectivity index (χ4v) is 2.74. The van der Waals surface area contributed by atoms with E-state index in [2.05, 4.69) is 48.6 Å². The number of benzene rings is 2. The number of hydrogen-bond donors (Lipinski definition) is 1. The highest BCUT2D eigenvalue weighted by Crippen LogP contribution is 2.35. The molecule has 1 aliphatic rings. The molecule has 2 aromatic rings. The molecule has 1 unspecified atom stereocenters. The summed E-state index contributed by atoms with van der Waals surface area (Å²) in [6.45, 7) is 3.07. The van der Waals surface area contributed by atoms with E-state index in [0.29, 0.717) is 5.92 Å². The van der Waals surface area contributed by atoms with Crippen LogP contribution in [0.1, 0.15) is 22.6 Å². The molecule has 19 heavy (non-hydrogen) atoms. The van der Waals surface area contributed by atoms with Crippen LogP contribution in [0.3, 0.4) is 0 Å². The van der Waals surface area contributed by atoms with E-state index in [1.54, 1.807) is 7.11 Å². The Hall–Kier alpha value is -1.96. The second-order valence-electron chi connectivity index (χ2n) is 5.18. The van der Waals surface area contributed by atoms with Gasteiger partial charge in [0.1, 0.15) is 5.75 Å². The Bertz CT molecular complexity index is 592. The maximum Gasteiger partial charge on any atom is 0.141 e. The SMILES string of the molecule is COc1ccc(C)cc1NCC1Cc2ccccc21. The molecule has 0 aromatic heterocycles. The maximum absolute atomic E-state index is 5.39. The monoisotopic (exact) mass is 253 g/mol. The molecule has 0 amide bonds. The van der Waals surface area contributed by atoms with Gasteiger partial charge in [-0.25, -0.2) is 0 Å². The number of methoxy groups -OCH3 is 1. The third-order valence-electron chi connectivity index (χ3n) is 3.86. The fourth-order valence-electron chi connectivity index (χ4n) is 2.74. The highest BCUT2D eigenvalue weighted by molar-refractivity contribution is 5.58. The zero-order valence-corrected chi connectivity index (χ0v) is 11.4. The molecule has 0 aliphatic heterocycles. The first-order chi connectivity index (χ1) is 9.28. The van der Waals surface area contributed by atoms with Crippen LogP contribution in [0.4, 0.5) is 5.69 Å². The smallest absolute Gasteiger partial charge is 0.141 e. The average molecular weight is 253 g/mol. The third kappa shape index (κ3) is 2.30. The minimum Gasteiger partial charge on any atom is -0.495 e. The van der Waals surface area contributed by atoms with Crippen molar-refractivity contribution in [2.24, 2.45) is 0 Å². The third-order valence-corrected chi connectivity index (χ3v) is 3.86. The summed E-state index contributed by atoms with van der Waals surface area (Å²) in [5.41, 5.74) is 5.32. The van der Waals surface area contributed by atoms with Crippen LogP contribution in [0.15, 0.2) is 42.5 Å². The summed E-state index contributed by atoms with van der Waals surface area (Å²) in [7, 11) is 1.72. The molecule has 0 saturated heterocycles. The zero-order chi connectivity index (χ0) is 13.2. The van der Waals surface area contributed by atoms with Crippen molar-refractivity contribution in [2.45, 2.75) is 19.3 Å². The van der Waals surface area contributed by atoms with Crippen molar-refractivity contribution < 1.29 is 4.74 Å². The summed E-state index contributed by atoms with van der Waals surface area (Å²) < 4.78 is 5.39. The Balaban J connectivity index is 1.70. The number of nitrogens with one attached hydrogen (secondary N) is 1. The van der Waals surface area contributed by atoms with E-state index in [9.17, 15) is 0 Å². The van der Waals surface area contributed by atoms with E-state index in [0.717, 1.165) is 18.0 Å². The van der Waals surface area contributed by atoms with Crippen LogP contribution in [0.25, 0.3) is 0 Å². The number of ether oxygens (including phenoxy) is 1. The van der Waals surface area contributed by atoms with Crippen LogP contribution in [0.2, 0.25) is 0 Å². The van der Waals surface area contributed by atoms with Crippen molar-refractivity contribution >= 4 is 5.69 Å². The summed E-state index contributed by atoms with van der Waals surface area (Å²) in [6, 6.07) is 14.9. The minimum atomic E-state index is 0.626. The van der Waals surface area contributed by atoms with E-state index >= 15 is 0 Å². The number of anilines is 1. The number of rotatable bonds is 4. The molecule has 0 spiro atoms. The summed E-state index contributed by atoms with van der Waals surface area (Å²) in [5, 5.41) is 3.52. The van der Waals surface area contributed by atoms with Crippen molar-refractivity contribution in [3.05, 3.63) is 59.2 Å². The molecular weight excluding hydrogens is 234 g/mol. The first-order valence-electron chi connectivity index (χ1n) is 6.74. The Morgan fingerprint density at radius 3 is 2.84 bits per heavy atom. The number of aryl methyl sites for hydroxylation is 1. The molecule has 2 nitrogen and oxygen atoms in total. The van der Waals surface area contributed by atoms with Crippen LogP contribution in [0.5, 0.6) is 5.75 Å². The highest BCUT2D eigenvalue weighted by atomic mass is 16.5. The Kier molecular flexibility index (Phi) is 3.16. The molecule has 2 aromatic carbocycles. The Morgan fingerprint density at radius 2 is 2.05 bits per heavy atom. The van der Waals surface area contributed by atoms with Crippen LogP contribution < -0.4 is 10.1 Å². The first kappa shape index (κ1) is 12.1. The van der Waals surface area contributed by atoms with Crippen LogP contribution in [0, 0.1) is 6.92 Å². The standard InChI is InChI=1S/C17H19NO/c1-12-7-8-17(19-2)16(9-12)18-11-14-10-13-5-3-4-6-15(13)14/h3-9,14,18H,10-11H2,1-2H3. The molecule has 3 rings (SSSR count). The predicted octanol–water partition coefficient (Wildman–Crippen LogP) is 3.76. The van der Waals surface area contributed by atoms with Gasteiger partial charge in [-0.2, -0.15) is 0 Å².